The van der Waals surface area contributed by atoms with Crippen LogP contribution in [-0.4, -0.2) is 60.3 Å². The van der Waals surface area contributed by atoms with Crippen molar-refractivity contribution in [2.24, 2.45) is 28.2 Å². The van der Waals surface area contributed by atoms with E-state index < -0.39 is 30.6 Å². The highest BCUT2D eigenvalue weighted by Crippen LogP contribution is 2.46. The topological polar surface area (TPSA) is 170 Å². The maximum absolute atomic E-state index is 14.0. The van der Waals surface area contributed by atoms with Crippen molar-refractivity contribution in [1.82, 2.24) is 60.3 Å². The van der Waals surface area contributed by atoms with E-state index in [0.29, 0.717) is 50.0 Å². The monoisotopic (exact) mass is 1720 g/mol. The molecule has 16 nitrogen and oxygen atoms in total. The van der Waals surface area contributed by atoms with E-state index in [4.69, 9.17) is 29.1 Å². The highest BCUT2D eigenvalue weighted by molar-refractivity contribution is 6.03. The van der Waals surface area contributed by atoms with Crippen molar-refractivity contribution in [1.29, 1.82) is 0 Å². The molecule has 0 unspecified atom stereocenters. The van der Waals surface area contributed by atoms with Crippen molar-refractivity contribution < 1.29 is 49.2 Å². The third kappa shape index (κ3) is 16.0. The Balaban J connectivity index is 0.000000128. The molecule has 646 valence electrons. The first-order chi connectivity index (χ1) is 61.5. The first kappa shape index (κ1) is 84.0. The summed E-state index contributed by atoms with van der Waals surface area (Å²) in [5, 5.41) is 27.2. The molecule has 0 fully saturated rings. The molecule has 0 saturated carbocycles. The average molecular weight is 1720 g/mol. The van der Waals surface area contributed by atoms with Gasteiger partial charge in [0.2, 0.25) is 28.4 Å². The average Bonchev–Trinajstić information content (AvgIpc) is 0.783. The van der Waals surface area contributed by atoms with E-state index in [1.807, 2.05) is 111 Å². The smallest absolute Gasteiger partial charge is 0.247 e. The summed E-state index contributed by atoms with van der Waals surface area (Å²) >= 11 is 0. The van der Waals surface area contributed by atoms with Crippen LogP contribution < -0.4 is 18.7 Å². The first-order valence-electron chi connectivity index (χ1n) is 44.2. The normalized spacial score (nSPS) is 12.9. The van der Waals surface area contributed by atoms with E-state index in [1.165, 1.54) is 68.0 Å². The van der Waals surface area contributed by atoms with E-state index in [2.05, 4.69) is 231 Å². The van der Waals surface area contributed by atoms with Gasteiger partial charge < -0.3 is 0 Å². The lowest BCUT2D eigenvalue weighted by Gasteiger charge is -2.24. The molecule has 0 amide bonds. The lowest BCUT2D eigenvalue weighted by Crippen LogP contribution is -2.39. The molecule has 8 heterocycles. The van der Waals surface area contributed by atoms with Crippen LogP contribution in [0.25, 0.3) is 166 Å². The minimum absolute atomic E-state index is 0.0128. The number of rotatable bonds is 4. The third-order valence-electron chi connectivity index (χ3n) is 24.4. The van der Waals surface area contributed by atoms with Gasteiger partial charge in [-0.05, 0) is 230 Å². The second kappa shape index (κ2) is 32.4. The Kier molecular flexibility index (Phi) is 21.3. The maximum Gasteiger partial charge on any atom is 0.441 e. The van der Waals surface area contributed by atoms with Gasteiger partial charge in [-0.1, -0.05) is 235 Å². The Hall–Kier alpha value is -13.5. The second-order valence-corrected chi connectivity index (χ2v) is 37.4. The molecule has 19 aromatic rings. The summed E-state index contributed by atoms with van der Waals surface area (Å²) in [6.07, 6.45) is -9.24. The number of hydrogen-bond donors (Lipinski definition) is 0. The molecular formula is C106H104F6N16+4. The van der Waals surface area contributed by atoms with E-state index in [-0.39, 0.29) is 49.7 Å². The van der Waals surface area contributed by atoms with Crippen molar-refractivity contribution >= 4 is 121 Å². The molecule has 19 rings (SSSR count). The van der Waals surface area contributed by atoms with Gasteiger partial charge in [0.15, 0.2) is 44.9 Å². The van der Waals surface area contributed by atoms with Crippen LogP contribution >= 0.6 is 0 Å². The van der Waals surface area contributed by atoms with Gasteiger partial charge in [0, 0.05) is 19.4 Å². The van der Waals surface area contributed by atoms with Crippen molar-refractivity contribution in [2.45, 2.75) is 172 Å². The summed E-state index contributed by atoms with van der Waals surface area (Å²) in [5.41, 5.74) is 22.4. The van der Waals surface area contributed by atoms with E-state index in [0.717, 1.165) is 105 Å². The van der Waals surface area contributed by atoms with Crippen LogP contribution in [0.1, 0.15) is 166 Å². The molecule has 0 aliphatic heterocycles. The standard InChI is InChI=1S/C27H24F3N4.2C27H27N4.C25H26F3N4/c1-15-16-10-6-7-11-17(16)19(26(2,3)4)14-18(15)24-22-23(25(27(28,29)30)33-34(24)5)32-21-13-9-8-12-20(21)31-22;1-16-18-11-7-8-12-19(18)21(27(3,4)5)15-20(16)26-25-24(17(2)30-31(26)6)28-22-13-9-10-14-23(22)29-25;1-16-18-11-7-8-12-19(18)21(27(3,4)5)15-20(16)25-17(2)24-26(30-31(25)6)29-23-14-10-9-13-22(23)28-24;1-13-16-10-8-9-11-17(16)19(24(4,5)6)12-18(13)21-14(2)20-23(31-32(21)7)30-22(15(3)29-20)25(26,27)28/h6-14H,1-5H3;2*7-15H,1-6H3;8-12H,1-7H3/q4*+1/i;2D3;;. The molecule has 11 aromatic carbocycles. The third-order valence-corrected chi connectivity index (χ3v) is 24.4. The number of nitrogens with zero attached hydrogens (tertiary/aromatic N) is 16. The van der Waals surface area contributed by atoms with Crippen molar-refractivity contribution in [3.8, 4) is 45.0 Å². The quantitative estimate of drug-likeness (QED) is 0.0929. The molecule has 0 bridgehead atoms. The predicted octanol–water partition coefficient (Wildman–Crippen LogP) is 23.8. The van der Waals surface area contributed by atoms with Crippen LogP contribution in [0.2, 0.25) is 0 Å². The van der Waals surface area contributed by atoms with E-state index in [9.17, 15) is 26.3 Å². The summed E-state index contributed by atoms with van der Waals surface area (Å²) in [6.45, 7) is 37.6. The molecule has 0 N–H and O–H groups in total. The van der Waals surface area contributed by atoms with E-state index in [1.54, 1.807) is 47.7 Å². The highest BCUT2D eigenvalue weighted by Gasteiger charge is 2.43. The second-order valence-electron chi connectivity index (χ2n) is 37.4. The molecule has 0 saturated heterocycles. The number of hydrogen-bond acceptors (Lipinski definition) is 12. The Bertz CT molecular complexity index is 7700. The molecular weight excluding hydrogens is 1610 g/mol. The predicted molar refractivity (Wildman–Crippen MR) is 501 cm³/mol. The van der Waals surface area contributed by atoms with Gasteiger partial charge >= 0.3 is 12.4 Å². The van der Waals surface area contributed by atoms with Crippen LogP contribution in [0.3, 0.4) is 0 Å². The molecule has 0 atom stereocenters. The zero-order chi connectivity index (χ0) is 94.3. The highest BCUT2D eigenvalue weighted by atomic mass is 19.4. The molecule has 128 heavy (non-hydrogen) atoms. The van der Waals surface area contributed by atoms with Crippen molar-refractivity contribution in [3.05, 3.63) is 273 Å². The van der Waals surface area contributed by atoms with Crippen LogP contribution in [0.5, 0.6) is 0 Å². The van der Waals surface area contributed by atoms with Gasteiger partial charge in [0.25, 0.3) is 11.4 Å². The minimum atomic E-state index is -4.67. The summed E-state index contributed by atoms with van der Waals surface area (Å²) in [6, 6.07) is 64.8. The van der Waals surface area contributed by atoms with E-state index >= 15 is 0 Å². The maximum atomic E-state index is 14.0. The Labute approximate surface area is 744 Å². The van der Waals surface area contributed by atoms with Crippen LogP contribution in [0, 0.1) is 55.3 Å². The Morgan fingerprint density at radius 2 is 0.508 bits per heavy atom. The van der Waals surface area contributed by atoms with Crippen molar-refractivity contribution in [3.63, 3.8) is 0 Å². The largest absolute Gasteiger partial charge is 0.441 e. The number of benzene rings is 11. The zero-order valence-corrected chi connectivity index (χ0v) is 76.4. The van der Waals surface area contributed by atoms with Crippen LogP contribution in [-0.2, 0) is 62.2 Å². The number of fused-ring (bicyclic) bond motifs is 11. The Morgan fingerprint density at radius 3 is 0.836 bits per heavy atom. The molecule has 22 heteroatoms. The zero-order valence-electron chi connectivity index (χ0n) is 79.4. The lowest BCUT2D eigenvalue weighted by molar-refractivity contribution is -0.720. The van der Waals surface area contributed by atoms with Gasteiger partial charge in [-0.2, -0.15) is 26.3 Å². The number of halogens is 6. The number of aromatic nitrogens is 16. The van der Waals surface area contributed by atoms with Gasteiger partial charge in [0.05, 0.1) is 72.2 Å². The fourth-order valence-corrected chi connectivity index (χ4v) is 18.1. The number of alkyl halides is 6. The number of para-hydroxylation sites is 6. The molecule has 0 aliphatic rings. The van der Waals surface area contributed by atoms with Gasteiger partial charge in [-0.3, -0.25) is 0 Å². The fraction of sp³-hybridized carbons (Fsp3) is 0.283. The summed E-state index contributed by atoms with van der Waals surface area (Å²) in [7, 11) is 7.06. The van der Waals surface area contributed by atoms with Gasteiger partial charge in [-0.25, -0.2) is 39.9 Å². The number of aryl methyl sites for hydroxylation is 12. The lowest BCUT2D eigenvalue weighted by atomic mass is 9.80. The molecule has 0 spiro atoms. The molecule has 0 radical (unpaired) electrons. The molecule has 8 aromatic heterocycles. The summed E-state index contributed by atoms with van der Waals surface area (Å²) < 4.78 is 113. The minimum Gasteiger partial charge on any atom is -0.247 e. The Morgan fingerprint density at radius 1 is 0.250 bits per heavy atom. The van der Waals surface area contributed by atoms with Crippen molar-refractivity contribution in [2.75, 3.05) is 0 Å². The van der Waals surface area contributed by atoms with Gasteiger partial charge in [0.1, 0.15) is 27.8 Å². The van der Waals surface area contributed by atoms with Gasteiger partial charge in [-0.15, -0.1) is 0 Å². The summed E-state index contributed by atoms with van der Waals surface area (Å²) in [4.78, 5) is 36.5. The summed E-state index contributed by atoms with van der Waals surface area (Å²) in [5.74, 6) is 0. The van der Waals surface area contributed by atoms with Crippen LogP contribution in [0.4, 0.5) is 26.3 Å². The molecule has 0 aliphatic carbocycles. The first-order valence-corrected chi connectivity index (χ1v) is 42.7. The SMILES string of the molecule is Cc1c(-c2c(C)c3nc4ccccc4nc3n[n+]2C)cc(C(C)(C)C)c2ccccc12.Cc1c(-c2c3nc4ccccc4nc3c(C(F)(F)F)n[n+]2C)cc(C(C)(C)C)c2ccccc12.Cc1nc2c(C)c(-c3cc(C(C)(C)C)c4ccccc4c3C)[n+](C)nc2nc1C(F)(F)F.[2H]C([2H])([2H])c1n[n+](C)c(-c2cc(C(C)(C)C)c3ccccc3c2C)c2nc3ccccc3nc12. The van der Waals surface area contributed by atoms with Crippen LogP contribution in [0.15, 0.2) is 194 Å². The fourth-order valence-electron chi connectivity index (χ4n) is 18.1.